The molecular weight excluding hydrogens is 414 g/mol. The lowest BCUT2D eigenvalue weighted by Gasteiger charge is -2.44. The molecule has 150 valence electrons. The van der Waals surface area contributed by atoms with Gasteiger partial charge in [0, 0.05) is 11.1 Å². The quantitative estimate of drug-likeness (QED) is 0.309. The van der Waals surface area contributed by atoms with Gasteiger partial charge < -0.3 is 4.90 Å². The second-order valence-electron chi connectivity index (χ2n) is 8.22. The maximum atomic E-state index is 14.0. The standard InChI is InChI=1S/C24H25NOS3/c1-6-17(16-10-8-7-9-11-16)22(26)25-19-13-15(3)14(2)12-18(19)20-21(24(25,4)5)28-29-23(20)27/h7-13,17H,6H2,1-5H3/t17-/m1/s1. The van der Waals surface area contributed by atoms with Crippen molar-refractivity contribution in [2.24, 2.45) is 0 Å². The average Bonchev–Trinajstić information content (AvgIpc) is 3.08. The average molecular weight is 440 g/mol. The molecule has 29 heavy (non-hydrogen) atoms. The first-order valence-corrected chi connectivity index (χ1v) is 12.5. The molecule has 1 aliphatic rings. The molecule has 3 aromatic rings. The predicted molar refractivity (Wildman–Crippen MR) is 128 cm³/mol. The molecule has 0 bridgehead atoms. The maximum Gasteiger partial charge on any atom is 0.235 e. The molecule has 1 amide bonds. The van der Waals surface area contributed by atoms with E-state index < -0.39 is 5.54 Å². The van der Waals surface area contributed by atoms with E-state index in [0.717, 1.165) is 32.6 Å². The van der Waals surface area contributed by atoms with Crippen LogP contribution >= 0.6 is 32.9 Å². The van der Waals surface area contributed by atoms with Crippen LogP contribution in [0.1, 0.15) is 54.7 Å². The first kappa shape index (κ1) is 20.5. The van der Waals surface area contributed by atoms with Gasteiger partial charge in [-0.2, -0.15) is 0 Å². The Morgan fingerprint density at radius 1 is 1.10 bits per heavy atom. The fourth-order valence-corrected chi connectivity index (χ4v) is 7.55. The number of carbonyl (C=O) groups is 1. The van der Waals surface area contributed by atoms with Crippen LogP contribution in [-0.2, 0) is 10.3 Å². The third-order valence-corrected chi connectivity index (χ3v) is 9.33. The lowest BCUT2D eigenvalue weighted by molar-refractivity contribution is -0.121. The number of benzene rings is 2. The van der Waals surface area contributed by atoms with Gasteiger partial charge >= 0.3 is 0 Å². The molecule has 0 radical (unpaired) electrons. The minimum atomic E-state index is -0.443. The molecule has 0 spiro atoms. The number of amides is 1. The van der Waals surface area contributed by atoms with E-state index in [4.69, 9.17) is 12.2 Å². The molecule has 0 aliphatic carbocycles. The highest BCUT2D eigenvalue weighted by molar-refractivity contribution is 7.80. The van der Waals surface area contributed by atoms with Crippen LogP contribution in [0.2, 0.25) is 0 Å². The Balaban J connectivity index is 1.95. The van der Waals surface area contributed by atoms with Gasteiger partial charge in [0.2, 0.25) is 5.91 Å². The number of hydrogen-bond acceptors (Lipinski definition) is 4. The number of carbonyl (C=O) groups excluding carboxylic acids is 1. The van der Waals surface area contributed by atoms with Crippen molar-refractivity contribution < 1.29 is 4.79 Å². The molecule has 1 atom stereocenters. The van der Waals surface area contributed by atoms with Crippen LogP contribution in [0.25, 0.3) is 11.1 Å². The van der Waals surface area contributed by atoms with Crippen molar-refractivity contribution in [3.05, 3.63) is 67.9 Å². The van der Waals surface area contributed by atoms with Crippen molar-refractivity contribution in [3.8, 4) is 11.1 Å². The zero-order valence-corrected chi connectivity index (χ0v) is 19.9. The van der Waals surface area contributed by atoms with Crippen LogP contribution in [0.3, 0.4) is 0 Å². The van der Waals surface area contributed by atoms with Gasteiger partial charge in [-0.1, -0.05) is 70.2 Å². The maximum absolute atomic E-state index is 14.0. The Hall–Kier alpha value is -1.82. The molecule has 2 aromatic carbocycles. The van der Waals surface area contributed by atoms with E-state index in [0.29, 0.717) is 0 Å². The number of fused-ring (bicyclic) bond motifs is 3. The van der Waals surface area contributed by atoms with Crippen LogP contribution in [0.5, 0.6) is 0 Å². The van der Waals surface area contributed by atoms with Crippen molar-refractivity contribution in [2.75, 3.05) is 4.90 Å². The van der Waals surface area contributed by atoms with E-state index in [1.54, 1.807) is 20.7 Å². The lowest BCUT2D eigenvalue weighted by atomic mass is 9.83. The van der Waals surface area contributed by atoms with Crippen molar-refractivity contribution in [1.82, 2.24) is 0 Å². The van der Waals surface area contributed by atoms with Gasteiger partial charge in [0.25, 0.3) is 0 Å². The summed E-state index contributed by atoms with van der Waals surface area (Å²) < 4.78 is 0.921. The van der Waals surface area contributed by atoms with Crippen LogP contribution < -0.4 is 4.90 Å². The third-order valence-electron chi connectivity index (χ3n) is 6.00. The Kier molecular flexibility index (Phi) is 5.26. The number of aryl methyl sites for hydroxylation is 2. The van der Waals surface area contributed by atoms with E-state index in [2.05, 4.69) is 58.9 Å². The molecule has 2 nitrogen and oxygen atoms in total. The van der Waals surface area contributed by atoms with Crippen molar-refractivity contribution in [3.63, 3.8) is 0 Å². The largest absolute Gasteiger partial charge is 0.301 e. The second kappa shape index (κ2) is 7.46. The topological polar surface area (TPSA) is 20.3 Å². The molecule has 0 N–H and O–H groups in total. The van der Waals surface area contributed by atoms with Gasteiger partial charge in [0.05, 0.1) is 22.0 Å². The number of nitrogens with zero attached hydrogens (tertiary/aromatic N) is 1. The fourth-order valence-electron chi connectivity index (χ4n) is 4.27. The predicted octanol–water partition coefficient (Wildman–Crippen LogP) is 7.60. The first-order chi connectivity index (χ1) is 13.8. The van der Waals surface area contributed by atoms with E-state index in [1.807, 2.05) is 23.1 Å². The molecule has 0 fully saturated rings. The fraction of sp³-hybridized carbons (Fsp3) is 0.333. The summed E-state index contributed by atoms with van der Waals surface area (Å²) >= 11 is 5.71. The lowest BCUT2D eigenvalue weighted by Crippen LogP contribution is -2.49. The van der Waals surface area contributed by atoms with E-state index in [1.165, 1.54) is 16.0 Å². The highest BCUT2D eigenvalue weighted by Crippen LogP contribution is 2.53. The Labute approximate surface area is 185 Å². The van der Waals surface area contributed by atoms with E-state index in [-0.39, 0.29) is 11.8 Å². The second-order valence-corrected chi connectivity index (χ2v) is 11.0. The molecule has 0 saturated heterocycles. The summed E-state index contributed by atoms with van der Waals surface area (Å²) in [6.07, 6.45) is 0.766. The summed E-state index contributed by atoms with van der Waals surface area (Å²) in [4.78, 5) is 17.3. The summed E-state index contributed by atoms with van der Waals surface area (Å²) in [6.45, 7) is 10.6. The van der Waals surface area contributed by atoms with E-state index in [9.17, 15) is 4.79 Å². The van der Waals surface area contributed by atoms with Gasteiger partial charge in [-0.05, 0) is 62.9 Å². The Morgan fingerprint density at radius 3 is 2.41 bits per heavy atom. The molecule has 0 unspecified atom stereocenters. The minimum Gasteiger partial charge on any atom is -0.301 e. The third kappa shape index (κ3) is 3.20. The highest BCUT2D eigenvalue weighted by Gasteiger charge is 2.44. The van der Waals surface area contributed by atoms with Crippen molar-refractivity contribution >= 4 is 44.5 Å². The number of hydrogen-bond donors (Lipinski definition) is 0. The zero-order valence-electron chi connectivity index (χ0n) is 17.4. The molecule has 5 heteroatoms. The van der Waals surface area contributed by atoms with Gasteiger partial charge in [-0.25, -0.2) is 0 Å². The van der Waals surface area contributed by atoms with Crippen LogP contribution in [-0.4, -0.2) is 5.91 Å². The highest BCUT2D eigenvalue weighted by atomic mass is 32.9. The van der Waals surface area contributed by atoms with Crippen LogP contribution in [0, 0.1) is 17.7 Å². The van der Waals surface area contributed by atoms with Gasteiger partial charge in [0.15, 0.2) is 0 Å². The monoisotopic (exact) mass is 439 g/mol. The summed E-state index contributed by atoms with van der Waals surface area (Å²) in [5.41, 5.74) is 6.28. The molecule has 4 rings (SSSR count). The molecular formula is C24H25NOS3. The van der Waals surface area contributed by atoms with Gasteiger partial charge in [-0.15, -0.1) is 0 Å². The molecule has 2 heterocycles. The molecule has 1 aromatic heterocycles. The normalized spacial score (nSPS) is 15.6. The van der Waals surface area contributed by atoms with Crippen molar-refractivity contribution in [1.29, 1.82) is 0 Å². The minimum absolute atomic E-state index is 0.156. The Bertz CT molecular complexity index is 1140. The number of rotatable bonds is 3. The van der Waals surface area contributed by atoms with Gasteiger partial charge in [0.1, 0.15) is 3.82 Å². The van der Waals surface area contributed by atoms with Crippen LogP contribution in [0.15, 0.2) is 42.5 Å². The van der Waals surface area contributed by atoms with Gasteiger partial charge in [-0.3, -0.25) is 4.79 Å². The van der Waals surface area contributed by atoms with E-state index >= 15 is 0 Å². The van der Waals surface area contributed by atoms with Crippen LogP contribution in [0.4, 0.5) is 5.69 Å². The first-order valence-electron chi connectivity index (χ1n) is 9.91. The Morgan fingerprint density at radius 2 is 1.76 bits per heavy atom. The SMILES string of the molecule is CC[C@@H](C(=O)N1c2cc(C)c(C)cc2-c2c(ssc2=S)C1(C)C)c1ccccc1. The number of anilines is 1. The molecule has 0 saturated carbocycles. The summed E-state index contributed by atoms with van der Waals surface area (Å²) in [5, 5.41) is 0. The summed E-state index contributed by atoms with van der Waals surface area (Å²) in [7, 11) is 3.35. The smallest absolute Gasteiger partial charge is 0.235 e. The van der Waals surface area contributed by atoms with Crippen molar-refractivity contribution in [2.45, 2.75) is 52.5 Å². The summed E-state index contributed by atoms with van der Waals surface area (Å²) in [6, 6.07) is 14.5. The summed E-state index contributed by atoms with van der Waals surface area (Å²) in [5.74, 6) is -0.0127. The zero-order chi connectivity index (χ0) is 20.9. The molecule has 1 aliphatic heterocycles.